The van der Waals surface area contributed by atoms with E-state index in [4.69, 9.17) is 87.0 Å². The molecular weight excluding hydrogens is 1640 g/mol. The summed E-state index contributed by atoms with van der Waals surface area (Å²) in [6.07, 6.45) is -1.41. The van der Waals surface area contributed by atoms with E-state index in [9.17, 15) is 57.1 Å². The van der Waals surface area contributed by atoms with Crippen LogP contribution < -0.4 is 50.9 Å². The number of hydrogen-bond acceptors (Lipinski definition) is 39. The van der Waals surface area contributed by atoms with Crippen LogP contribution in [0.5, 0.6) is 0 Å². The van der Waals surface area contributed by atoms with Crippen LogP contribution in [-0.2, 0) is 83.5 Å². The highest BCUT2D eigenvalue weighted by atomic mass is 31.2. The number of nitrogen functional groups attached to an aromatic ring is 3. The molecule has 54 heteroatoms. The first-order valence-electron chi connectivity index (χ1n) is 37.8. The summed E-state index contributed by atoms with van der Waals surface area (Å²) in [6.45, 7) is 13.8. The second-order valence-electron chi connectivity index (χ2n) is 28.0. The summed E-state index contributed by atoms with van der Waals surface area (Å²) in [4.78, 5) is 160. The van der Waals surface area contributed by atoms with Crippen molar-refractivity contribution in [2.24, 2.45) is 0 Å². The Kier molecular flexibility index (Phi) is 27.3. The quantitative estimate of drug-likeness (QED) is 0.0298. The number of aromatic amines is 3. The average Bonchev–Trinajstić information content (AvgIpc) is 1.64. The summed E-state index contributed by atoms with van der Waals surface area (Å²) >= 11 is 0. The van der Waals surface area contributed by atoms with E-state index in [1.807, 2.05) is 27.7 Å². The third kappa shape index (κ3) is 20.2. The van der Waals surface area contributed by atoms with Crippen LogP contribution in [0, 0.1) is 20.8 Å². The second kappa shape index (κ2) is 37.1. The topological polar surface area (TPSA) is 662 Å². The average molecular weight is 1730 g/mol. The molecule has 21 atom stereocenters. The fourth-order valence-corrected chi connectivity index (χ4v) is 17.5. The van der Waals surface area contributed by atoms with Crippen molar-refractivity contribution in [2.75, 3.05) is 57.3 Å². The molecule has 3 unspecified atom stereocenters. The van der Waals surface area contributed by atoms with Crippen molar-refractivity contribution in [1.29, 1.82) is 0 Å². The standard InChI is InChI=1S/2C22H31N8O9P.C21H29N8O9P/c1-4-12-14(7-16(37-12)29-9-24-18-19(29)26-11(3)27-20(18)31)39-40(33,34)36-8-15-13(35-5-2)6-17(38-15)30-10-25-21(23)28-22(30)32;1-4-12-14(7-17(37-12)30-10-25-21(23)28-22(30)32)39-40(33,34)36-8-15-13(35-5-2)6-16(38-15)29-9-24-18-19(29)26-11(3)27-20(18)31;1-4-11-13(6-15(36-11)28-8-23-17-18(28)25-10(2)26-19(17)30)38-39(32,33)35-7-14-12(34-3)5-16(37-14)29-9-24-20(22)27-21(29)31/h2*9-10,12-17H,4-8H2,1-3H3,(H,33,34)(H2,23,28,32)(H,26,27,31);8-9,11-16H,4-7H2,1-3H3,(H,32,33)(H2,22,27,31)(H,25,26,30)/t2*12-,13-,14-,15-,16-,17-;11-,12-,13-,14-,15-,16-/m111/s1. The lowest BCUT2D eigenvalue weighted by atomic mass is 10.1. The molecule has 9 aromatic rings. The molecule has 0 saturated carbocycles. The van der Waals surface area contributed by atoms with Crippen LogP contribution in [0.2, 0.25) is 0 Å². The lowest BCUT2D eigenvalue weighted by Gasteiger charge is -2.23. The number of H-pyrrole nitrogens is 3. The zero-order chi connectivity index (χ0) is 85.1. The number of anilines is 3. The number of imidazole rings is 3. The molecule has 0 aromatic carbocycles. The molecule has 12 N–H and O–H groups in total. The Morgan fingerprint density at radius 3 is 0.908 bits per heavy atom. The number of nitrogens with two attached hydrogens (primary N) is 3. The lowest BCUT2D eigenvalue weighted by Crippen LogP contribution is -2.30. The summed E-state index contributed by atoms with van der Waals surface area (Å²) in [7, 11) is -12.3. The highest BCUT2D eigenvalue weighted by Gasteiger charge is 2.48. The first-order valence-corrected chi connectivity index (χ1v) is 42.3. The van der Waals surface area contributed by atoms with E-state index in [1.54, 1.807) is 41.4 Å². The van der Waals surface area contributed by atoms with Gasteiger partial charge >= 0.3 is 40.5 Å². The Morgan fingerprint density at radius 1 is 0.387 bits per heavy atom. The maximum Gasteiger partial charge on any atom is 0.472 e. The van der Waals surface area contributed by atoms with Gasteiger partial charge in [0.25, 0.3) is 16.7 Å². The first kappa shape index (κ1) is 87.7. The number of aryl methyl sites for hydroxylation is 3. The number of methoxy groups -OCH3 is 1. The molecule has 15 rings (SSSR count). The molecule has 6 aliphatic rings. The molecule has 0 amide bonds. The Morgan fingerprint density at radius 2 is 0.639 bits per heavy atom. The highest BCUT2D eigenvalue weighted by molar-refractivity contribution is 7.48. The van der Waals surface area contributed by atoms with Gasteiger partial charge in [-0.2, -0.15) is 15.0 Å². The predicted molar refractivity (Wildman–Crippen MR) is 406 cm³/mol. The normalized spacial score (nSPS) is 28.4. The molecule has 648 valence electrons. The van der Waals surface area contributed by atoms with Crippen LogP contribution in [0.15, 0.2) is 66.7 Å². The molecule has 9 aromatic heterocycles. The summed E-state index contributed by atoms with van der Waals surface area (Å²) in [5, 5.41) is 0. The fraction of sp³-hybridized carbons (Fsp3) is 0.631. The van der Waals surface area contributed by atoms with Crippen LogP contribution in [-0.4, -0.2) is 230 Å². The van der Waals surface area contributed by atoms with Gasteiger partial charge in [0.2, 0.25) is 17.8 Å². The summed E-state index contributed by atoms with van der Waals surface area (Å²) < 4.78 is 132. The summed E-state index contributed by atoms with van der Waals surface area (Å²) in [5.41, 5.74) is 14.8. The monoisotopic (exact) mass is 1730 g/mol. The molecule has 51 nitrogen and oxygen atoms in total. The fourth-order valence-electron chi connectivity index (χ4n) is 14.6. The van der Waals surface area contributed by atoms with E-state index < -0.39 is 151 Å². The molecule has 6 fully saturated rings. The van der Waals surface area contributed by atoms with Gasteiger partial charge in [-0.05, 0) is 53.9 Å². The number of nitrogens with one attached hydrogen (secondary N) is 3. The van der Waals surface area contributed by atoms with Crippen LogP contribution in [0.4, 0.5) is 17.8 Å². The third-order valence-corrected chi connectivity index (χ3v) is 23.2. The van der Waals surface area contributed by atoms with E-state index in [0.29, 0.717) is 73.3 Å². The van der Waals surface area contributed by atoms with E-state index in [2.05, 4.69) is 74.8 Å². The van der Waals surface area contributed by atoms with E-state index in [-0.39, 0.29) is 103 Å². The van der Waals surface area contributed by atoms with E-state index in [0.717, 1.165) is 9.13 Å². The summed E-state index contributed by atoms with van der Waals surface area (Å²) in [5.74, 6) is 0.759. The van der Waals surface area contributed by atoms with Crippen molar-refractivity contribution in [1.82, 2.24) is 102 Å². The van der Waals surface area contributed by atoms with E-state index >= 15 is 0 Å². The molecule has 6 saturated heterocycles. The van der Waals surface area contributed by atoms with Gasteiger partial charge in [-0.15, -0.1) is 0 Å². The van der Waals surface area contributed by atoms with Crippen molar-refractivity contribution >= 4 is 74.8 Å². The SMILES string of the molecule is CCO[C@@H]1C[C@H](n2cnc(N)nc2=O)O[C@@H]1COP(=O)(O)O[C@@H]1C[C@H](n2cnc3c(=O)[nH]c(C)nc32)O[C@@H]1CC.CCO[C@@H]1C[C@H](n2cnc3c(=O)[nH]c(C)nc32)O[C@@H]1COP(=O)(O)O[C@@H]1C[C@H](n2cnc(N)nc2=O)O[C@@H]1CC.CC[C@H]1O[C@@H](n2cnc3c(=O)[nH]c(C)nc32)C[C@H]1OP(=O)(O)OC[C@H]1O[C@@H](n2cnc(N)nc2=O)C[C@H]1OC. The maximum atomic E-state index is 13.0. The molecular formula is C65H91N24O27P3. The zero-order valence-corrected chi connectivity index (χ0v) is 68.2. The predicted octanol–water partition coefficient (Wildman–Crippen LogP) is 1.27. The molecule has 0 radical (unpaired) electrons. The smallest absolute Gasteiger partial charge is 0.378 e. The second-order valence-corrected chi connectivity index (χ2v) is 32.3. The number of hydrogen-bond donors (Lipinski definition) is 9. The Labute approximate surface area is 671 Å². The van der Waals surface area contributed by atoms with Gasteiger partial charge in [-0.25, -0.2) is 72.9 Å². The van der Waals surface area contributed by atoms with Gasteiger partial charge in [0.15, 0.2) is 33.5 Å². The van der Waals surface area contributed by atoms with Gasteiger partial charge < -0.3 is 89.5 Å². The first-order chi connectivity index (χ1) is 56.7. The van der Waals surface area contributed by atoms with Crippen molar-refractivity contribution in [3.8, 4) is 0 Å². The lowest BCUT2D eigenvalue weighted by molar-refractivity contribution is -0.0637. The molecule has 0 spiro atoms. The number of fused-ring (bicyclic) bond motifs is 3. The van der Waals surface area contributed by atoms with Crippen LogP contribution in [0.25, 0.3) is 33.5 Å². The van der Waals surface area contributed by atoms with Crippen LogP contribution in [0.1, 0.15) is 147 Å². The highest BCUT2D eigenvalue weighted by Crippen LogP contribution is 2.53. The van der Waals surface area contributed by atoms with Crippen molar-refractivity contribution in [2.45, 2.75) is 224 Å². The van der Waals surface area contributed by atoms with Crippen molar-refractivity contribution in [3.05, 3.63) is 118 Å². The molecule has 0 aliphatic carbocycles. The zero-order valence-electron chi connectivity index (χ0n) is 65.5. The van der Waals surface area contributed by atoms with Gasteiger partial charge in [0, 0.05) is 58.8 Å². The van der Waals surface area contributed by atoms with Gasteiger partial charge in [0.1, 0.15) is 92.1 Å². The largest absolute Gasteiger partial charge is 0.472 e. The molecule has 15 heterocycles. The third-order valence-electron chi connectivity index (χ3n) is 20.1. The maximum absolute atomic E-state index is 13.0. The van der Waals surface area contributed by atoms with Gasteiger partial charge in [-0.3, -0.25) is 68.9 Å². The number of aromatic nitrogens is 21. The number of rotatable bonds is 29. The number of phosphoric acid groups is 3. The van der Waals surface area contributed by atoms with Crippen LogP contribution >= 0.6 is 23.5 Å². The van der Waals surface area contributed by atoms with E-state index in [1.165, 1.54) is 49.6 Å². The molecule has 119 heavy (non-hydrogen) atoms. The van der Waals surface area contributed by atoms with Gasteiger partial charge in [0.05, 0.1) is 93.7 Å². The summed E-state index contributed by atoms with van der Waals surface area (Å²) in [6, 6.07) is 0. The Bertz CT molecular complexity index is 5630. The minimum absolute atomic E-state index is 0.0857. The van der Waals surface area contributed by atoms with Crippen molar-refractivity contribution < 1.29 is 98.1 Å². The number of phosphoric ester groups is 3. The molecule has 0 bridgehead atoms. The van der Waals surface area contributed by atoms with Crippen LogP contribution in [0.3, 0.4) is 0 Å². The Balaban J connectivity index is 0.000000155. The molecule has 6 aliphatic heterocycles. The Hall–Kier alpha value is -9.15. The number of ether oxygens (including phenoxy) is 9. The minimum Gasteiger partial charge on any atom is -0.378 e. The minimum atomic E-state index is -4.59. The van der Waals surface area contributed by atoms with Crippen molar-refractivity contribution in [3.63, 3.8) is 0 Å². The number of nitrogens with zero attached hydrogens (tertiary/aromatic N) is 18. The van der Waals surface area contributed by atoms with Gasteiger partial charge in [-0.1, -0.05) is 20.8 Å².